The average Bonchev–Trinajstić information content (AvgIpc) is 2.92. The van der Waals surface area contributed by atoms with Crippen LogP contribution in [0.25, 0.3) is 0 Å². The highest BCUT2D eigenvalue weighted by Crippen LogP contribution is 2.24. The van der Waals surface area contributed by atoms with Crippen LogP contribution in [0.15, 0.2) is 17.0 Å². The summed E-state index contributed by atoms with van der Waals surface area (Å²) in [5.41, 5.74) is -0.620. The molecule has 2 N–H and O–H groups in total. The lowest BCUT2D eigenvalue weighted by Gasteiger charge is -2.12. The van der Waals surface area contributed by atoms with Crippen LogP contribution in [-0.4, -0.2) is 37.5 Å². The molecule has 0 amide bonds. The number of hydrogen-bond donors (Lipinski definition) is 2. The van der Waals surface area contributed by atoms with Gasteiger partial charge in [0.15, 0.2) is 11.6 Å². The fourth-order valence-corrected chi connectivity index (χ4v) is 4.44. The molecule has 0 saturated carbocycles. The summed E-state index contributed by atoms with van der Waals surface area (Å²) in [4.78, 5) is 9.82. The van der Waals surface area contributed by atoms with Crippen molar-refractivity contribution < 1.29 is 27.1 Å². The van der Waals surface area contributed by atoms with E-state index in [1.54, 1.807) is 11.8 Å². The van der Waals surface area contributed by atoms with Gasteiger partial charge in [-0.1, -0.05) is 0 Å². The number of aromatic carboxylic acids is 1. The van der Waals surface area contributed by atoms with Crippen molar-refractivity contribution in [1.82, 2.24) is 4.72 Å². The molecule has 5 nitrogen and oxygen atoms in total. The summed E-state index contributed by atoms with van der Waals surface area (Å²) in [7, 11) is -4.29. The highest BCUT2D eigenvalue weighted by molar-refractivity contribution is 7.99. The molecule has 1 aromatic carbocycles. The number of nitrogens with one attached hydrogen (secondary N) is 1. The second-order valence-corrected chi connectivity index (χ2v) is 7.54. The molecule has 0 bridgehead atoms. The van der Waals surface area contributed by atoms with E-state index in [1.165, 1.54) is 0 Å². The Morgan fingerprint density at radius 2 is 2.14 bits per heavy atom. The van der Waals surface area contributed by atoms with Gasteiger partial charge in [-0.05, 0) is 36.0 Å². The molecule has 116 valence electrons. The molecule has 1 heterocycles. The Hall–Kier alpha value is -1.19. The summed E-state index contributed by atoms with van der Waals surface area (Å²) in [6.07, 6.45) is 0.846. The van der Waals surface area contributed by atoms with Crippen molar-refractivity contribution in [1.29, 1.82) is 0 Å². The summed E-state index contributed by atoms with van der Waals surface area (Å²) in [5.74, 6) is -2.74. The predicted molar refractivity (Wildman–Crippen MR) is 73.9 cm³/mol. The molecular weight excluding hydrogens is 324 g/mol. The van der Waals surface area contributed by atoms with Gasteiger partial charge in [-0.3, -0.25) is 0 Å². The minimum absolute atomic E-state index is 0.119. The minimum Gasteiger partial charge on any atom is -0.478 e. The molecule has 9 heteroatoms. The Morgan fingerprint density at radius 1 is 1.43 bits per heavy atom. The molecule has 1 aliphatic heterocycles. The lowest BCUT2D eigenvalue weighted by Crippen LogP contribution is -2.30. The van der Waals surface area contributed by atoms with E-state index in [0.29, 0.717) is 12.1 Å². The summed E-state index contributed by atoms with van der Waals surface area (Å²) in [6, 6.07) is 1.07. The Kier molecular flexibility index (Phi) is 4.84. The van der Waals surface area contributed by atoms with Crippen LogP contribution in [0.4, 0.5) is 8.78 Å². The van der Waals surface area contributed by atoms with E-state index in [4.69, 9.17) is 5.11 Å². The van der Waals surface area contributed by atoms with E-state index in [1.807, 2.05) is 0 Å². The fourth-order valence-electron chi connectivity index (χ4n) is 1.93. The maximum absolute atomic E-state index is 13.7. The van der Waals surface area contributed by atoms with Crippen LogP contribution in [-0.2, 0) is 10.0 Å². The highest BCUT2D eigenvalue weighted by atomic mass is 32.2. The topological polar surface area (TPSA) is 83.5 Å². The van der Waals surface area contributed by atoms with Crippen molar-refractivity contribution in [2.45, 2.75) is 11.3 Å². The summed E-state index contributed by atoms with van der Waals surface area (Å²) >= 11 is 1.69. The molecule has 1 aromatic rings. The van der Waals surface area contributed by atoms with E-state index in [0.717, 1.165) is 17.9 Å². The number of carboxylic acid groups (broad SMARTS) is 1. The zero-order valence-electron chi connectivity index (χ0n) is 10.8. The first-order chi connectivity index (χ1) is 9.81. The largest absolute Gasteiger partial charge is 0.478 e. The average molecular weight is 337 g/mol. The third-order valence-electron chi connectivity index (χ3n) is 3.12. The highest BCUT2D eigenvalue weighted by Gasteiger charge is 2.26. The van der Waals surface area contributed by atoms with E-state index < -0.39 is 38.1 Å². The molecule has 0 radical (unpaired) electrons. The summed E-state index contributed by atoms with van der Waals surface area (Å²) in [5, 5.41) is 8.79. The number of rotatable bonds is 5. The SMILES string of the molecule is O=C(O)c1cc(F)c(F)c(S(=O)(=O)NCC2CCSC2)c1. The van der Waals surface area contributed by atoms with Crippen LogP contribution in [0.5, 0.6) is 0 Å². The Labute approximate surface area is 124 Å². The van der Waals surface area contributed by atoms with Gasteiger partial charge in [-0.15, -0.1) is 0 Å². The van der Waals surface area contributed by atoms with Gasteiger partial charge in [-0.25, -0.2) is 26.7 Å². The smallest absolute Gasteiger partial charge is 0.335 e. The molecule has 0 spiro atoms. The van der Waals surface area contributed by atoms with Gasteiger partial charge < -0.3 is 5.11 Å². The van der Waals surface area contributed by atoms with E-state index >= 15 is 0 Å². The van der Waals surface area contributed by atoms with Gasteiger partial charge in [0.2, 0.25) is 10.0 Å². The van der Waals surface area contributed by atoms with E-state index in [9.17, 15) is 22.0 Å². The molecule has 1 saturated heterocycles. The Balaban J connectivity index is 2.27. The number of thioether (sulfide) groups is 1. The molecule has 1 fully saturated rings. The summed E-state index contributed by atoms with van der Waals surface area (Å²) < 4.78 is 53.2. The van der Waals surface area contributed by atoms with Crippen molar-refractivity contribution in [3.8, 4) is 0 Å². The molecule has 1 aliphatic rings. The third kappa shape index (κ3) is 3.72. The van der Waals surface area contributed by atoms with Crippen LogP contribution >= 0.6 is 11.8 Å². The van der Waals surface area contributed by atoms with E-state index in [2.05, 4.69) is 4.72 Å². The lowest BCUT2D eigenvalue weighted by molar-refractivity contribution is 0.0696. The molecule has 1 unspecified atom stereocenters. The Morgan fingerprint density at radius 3 is 2.71 bits per heavy atom. The van der Waals surface area contributed by atoms with Crippen LogP contribution in [0.2, 0.25) is 0 Å². The molecule has 2 rings (SSSR count). The number of sulfonamides is 1. The zero-order valence-corrected chi connectivity index (χ0v) is 12.4. The van der Waals surface area contributed by atoms with Crippen molar-refractivity contribution in [3.63, 3.8) is 0 Å². The van der Waals surface area contributed by atoms with Crippen molar-refractivity contribution >= 4 is 27.8 Å². The monoisotopic (exact) mass is 337 g/mol. The third-order valence-corrected chi connectivity index (χ3v) is 5.77. The van der Waals surface area contributed by atoms with Crippen molar-refractivity contribution in [2.24, 2.45) is 5.92 Å². The maximum atomic E-state index is 13.7. The predicted octanol–water partition coefficient (Wildman–Crippen LogP) is 1.69. The standard InChI is InChI=1S/C12H13F2NO4S2/c13-9-3-8(12(16)17)4-10(11(9)14)21(18,19)15-5-7-1-2-20-6-7/h3-4,7,15H,1-2,5-6H2,(H,16,17). The number of carboxylic acids is 1. The fraction of sp³-hybridized carbons (Fsp3) is 0.417. The molecule has 0 aromatic heterocycles. The molecule has 21 heavy (non-hydrogen) atoms. The van der Waals surface area contributed by atoms with Gasteiger partial charge in [0, 0.05) is 6.54 Å². The number of hydrogen-bond acceptors (Lipinski definition) is 4. The number of halogens is 2. The van der Waals surface area contributed by atoms with Gasteiger partial charge in [0.25, 0.3) is 0 Å². The van der Waals surface area contributed by atoms with Gasteiger partial charge in [-0.2, -0.15) is 11.8 Å². The molecule has 1 atom stereocenters. The first-order valence-electron chi connectivity index (χ1n) is 6.11. The van der Waals surface area contributed by atoms with Gasteiger partial charge in [0.1, 0.15) is 4.90 Å². The zero-order chi connectivity index (χ0) is 15.6. The lowest BCUT2D eigenvalue weighted by atomic mass is 10.1. The maximum Gasteiger partial charge on any atom is 0.335 e. The van der Waals surface area contributed by atoms with Crippen LogP contribution in [0, 0.1) is 17.6 Å². The molecule has 0 aliphatic carbocycles. The second-order valence-electron chi connectivity index (χ2n) is 4.66. The van der Waals surface area contributed by atoms with Crippen LogP contribution in [0.1, 0.15) is 16.8 Å². The quantitative estimate of drug-likeness (QED) is 0.854. The number of benzene rings is 1. The molecular formula is C12H13F2NO4S2. The second kappa shape index (κ2) is 6.29. The Bertz CT molecular complexity index is 657. The van der Waals surface area contributed by atoms with Crippen molar-refractivity contribution in [3.05, 3.63) is 29.3 Å². The van der Waals surface area contributed by atoms with Crippen LogP contribution < -0.4 is 4.72 Å². The van der Waals surface area contributed by atoms with Gasteiger partial charge in [0.05, 0.1) is 5.56 Å². The normalized spacial score (nSPS) is 18.9. The number of carbonyl (C=O) groups is 1. The van der Waals surface area contributed by atoms with Crippen LogP contribution in [0.3, 0.4) is 0 Å². The summed E-state index contributed by atoms with van der Waals surface area (Å²) in [6.45, 7) is 0.119. The van der Waals surface area contributed by atoms with E-state index in [-0.39, 0.29) is 12.5 Å². The van der Waals surface area contributed by atoms with Gasteiger partial charge >= 0.3 is 5.97 Å². The minimum atomic E-state index is -4.29. The first kappa shape index (κ1) is 16.2. The first-order valence-corrected chi connectivity index (χ1v) is 8.75. The van der Waals surface area contributed by atoms with Crippen molar-refractivity contribution in [2.75, 3.05) is 18.1 Å².